The fourth-order valence-corrected chi connectivity index (χ4v) is 4.03. The van der Waals surface area contributed by atoms with Gasteiger partial charge in [0, 0.05) is 6.54 Å². The van der Waals surface area contributed by atoms with Crippen LogP contribution in [0.4, 0.5) is 5.82 Å². The Balaban J connectivity index is 1.45. The van der Waals surface area contributed by atoms with Crippen LogP contribution in [0.5, 0.6) is 5.75 Å². The van der Waals surface area contributed by atoms with Crippen molar-refractivity contribution in [2.75, 3.05) is 11.9 Å². The van der Waals surface area contributed by atoms with Crippen LogP contribution in [0.15, 0.2) is 49.1 Å². The predicted molar refractivity (Wildman–Crippen MR) is 113 cm³/mol. The quantitative estimate of drug-likeness (QED) is 0.315. The minimum atomic E-state index is -0.995. The highest BCUT2D eigenvalue weighted by Gasteiger charge is 2.42. The molecule has 1 aliphatic heterocycles. The highest BCUT2D eigenvalue weighted by atomic mass is 16.5. The van der Waals surface area contributed by atoms with E-state index in [2.05, 4.69) is 20.3 Å². The van der Waals surface area contributed by atoms with E-state index in [1.807, 2.05) is 24.3 Å². The van der Waals surface area contributed by atoms with Gasteiger partial charge in [-0.1, -0.05) is 24.3 Å². The molecule has 1 saturated heterocycles. The molecule has 1 aliphatic rings. The van der Waals surface area contributed by atoms with Crippen LogP contribution in [0.2, 0.25) is 0 Å². The second kappa shape index (κ2) is 7.75. The number of hydrogen-bond donors (Lipinski definition) is 5. The standard InChI is InChI=1S/C21H22N6O4/c22-16-18(30)15(8-28)31-21(16)27-10-26-17-19(24-9-25-20(17)27)23-7-12-6-13(29)5-11-3-1-2-4-14(11)12/h1-6,9-10,15-16,18,21,28-30H,7-8,22H2,(H,23,24,25)/t15-,16-,18-,21-/m1/s1. The number of aliphatic hydroxyl groups excluding tert-OH is 2. The number of phenols is 1. The number of anilines is 1. The average Bonchev–Trinajstić information content (AvgIpc) is 3.33. The van der Waals surface area contributed by atoms with Crippen molar-refractivity contribution < 1.29 is 20.1 Å². The highest BCUT2D eigenvalue weighted by Crippen LogP contribution is 2.31. The van der Waals surface area contributed by atoms with E-state index >= 15 is 0 Å². The van der Waals surface area contributed by atoms with Crippen molar-refractivity contribution in [1.29, 1.82) is 0 Å². The predicted octanol–water partition coefficient (Wildman–Crippen LogP) is 0.875. The van der Waals surface area contributed by atoms with Gasteiger partial charge in [0.1, 0.15) is 24.3 Å². The number of nitrogens with one attached hydrogen (secondary N) is 1. The fraction of sp³-hybridized carbons (Fsp3) is 0.286. The summed E-state index contributed by atoms with van der Waals surface area (Å²) in [5.74, 6) is 0.707. The number of aromatic nitrogens is 4. The molecule has 6 N–H and O–H groups in total. The average molecular weight is 422 g/mol. The van der Waals surface area contributed by atoms with Gasteiger partial charge in [0.2, 0.25) is 0 Å². The number of benzene rings is 2. The number of imidazole rings is 1. The maximum Gasteiger partial charge on any atom is 0.167 e. The number of ether oxygens (including phenoxy) is 1. The van der Waals surface area contributed by atoms with E-state index in [4.69, 9.17) is 10.5 Å². The van der Waals surface area contributed by atoms with Gasteiger partial charge in [-0.05, 0) is 28.5 Å². The molecule has 5 rings (SSSR count). The van der Waals surface area contributed by atoms with E-state index in [1.165, 1.54) is 12.7 Å². The Morgan fingerprint density at radius 1 is 1.16 bits per heavy atom. The van der Waals surface area contributed by atoms with Crippen molar-refractivity contribution in [1.82, 2.24) is 19.5 Å². The lowest BCUT2D eigenvalue weighted by molar-refractivity contribution is -0.0437. The Bertz CT molecular complexity index is 1250. The molecular formula is C21H22N6O4. The fourth-order valence-electron chi connectivity index (χ4n) is 4.03. The minimum Gasteiger partial charge on any atom is -0.508 e. The molecule has 10 heteroatoms. The first-order valence-electron chi connectivity index (χ1n) is 9.89. The first-order valence-corrected chi connectivity index (χ1v) is 9.89. The topological polar surface area (TPSA) is 152 Å². The summed E-state index contributed by atoms with van der Waals surface area (Å²) in [6, 6.07) is 10.5. The Morgan fingerprint density at radius 2 is 2.00 bits per heavy atom. The number of phenolic OH excluding ortho intramolecular Hbond substituents is 1. The van der Waals surface area contributed by atoms with Gasteiger partial charge in [-0.25, -0.2) is 15.0 Å². The molecule has 0 amide bonds. The van der Waals surface area contributed by atoms with Crippen LogP contribution in [0.1, 0.15) is 11.8 Å². The van der Waals surface area contributed by atoms with Crippen molar-refractivity contribution in [3.05, 3.63) is 54.6 Å². The van der Waals surface area contributed by atoms with Gasteiger partial charge in [0.25, 0.3) is 0 Å². The van der Waals surface area contributed by atoms with Crippen molar-refractivity contribution >= 4 is 27.8 Å². The monoisotopic (exact) mass is 422 g/mol. The molecule has 0 bridgehead atoms. The lowest BCUT2D eigenvalue weighted by Gasteiger charge is -2.17. The van der Waals surface area contributed by atoms with E-state index in [9.17, 15) is 15.3 Å². The number of aliphatic hydroxyl groups is 2. The summed E-state index contributed by atoms with van der Waals surface area (Å²) in [5, 5.41) is 34.8. The van der Waals surface area contributed by atoms with Crippen LogP contribution in [0.3, 0.4) is 0 Å². The molecule has 0 unspecified atom stereocenters. The van der Waals surface area contributed by atoms with E-state index in [1.54, 1.807) is 16.7 Å². The first-order chi connectivity index (χ1) is 15.1. The SMILES string of the molecule is N[C@@H]1[C@H](O)[C@@H](CO)O[C@H]1n1cnc2c(NCc3cc(O)cc4ccccc34)ncnc21. The summed E-state index contributed by atoms with van der Waals surface area (Å²) in [5.41, 5.74) is 8.02. The van der Waals surface area contributed by atoms with E-state index < -0.39 is 24.5 Å². The van der Waals surface area contributed by atoms with Gasteiger partial charge in [0.15, 0.2) is 23.2 Å². The zero-order valence-electron chi connectivity index (χ0n) is 16.5. The second-order valence-electron chi connectivity index (χ2n) is 7.54. The molecule has 4 atom stereocenters. The van der Waals surface area contributed by atoms with E-state index in [0.717, 1.165) is 16.3 Å². The zero-order chi connectivity index (χ0) is 21.5. The normalized spacial score (nSPS) is 23.6. The third kappa shape index (κ3) is 3.35. The van der Waals surface area contributed by atoms with Gasteiger partial charge in [-0.15, -0.1) is 0 Å². The molecule has 10 nitrogen and oxygen atoms in total. The molecule has 31 heavy (non-hydrogen) atoms. The minimum absolute atomic E-state index is 0.192. The molecule has 1 fully saturated rings. The van der Waals surface area contributed by atoms with Gasteiger partial charge < -0.3 is 31.1 Å². The first kappa shape index (κ1) is 19.6. The summed E-state index contributed by atoms with van der Waals surface area (Å²) in [7, 11) is 0. The van der Waals surface area contributed by atoms with Crippen molar-refractivity contribution in [3.8, 4) is 5.75 Å². The molecular weight excluding hydrogens is 400 g/mol. The van der Waals surface area contributed by atoms with Crippen molar-refractivity contribution in [2.24, 2.45) is 5.73 Å². The summed E-state index contributed by atoms with van der Waals surface area (Å²) < 4.78 is 7.34. The van der Waals surface area contributed by atoms with Crippen LogP contribution in [0.25, 0.3) is 21.9 Å². The Hall–Kier alpha value is -3.31. The summed E-state index contributed by atoms with van der Waals surface area (Å²) in [6.45, 7) is 0.0797. The Morgan fingerprint density at radius 3 is 2.81 bits per heavy atom. The maximum atomic E-state index is 10.2. The summed E-state index contributed by atoms with van der Waals surface area (Å²) >= 11 is 0. The Labute approximate surface area is 176 Å². The van der Waals surface area contributed by atoms with Gasteiger partial charge in [-0.3, -0.25) is 4.57 Å². The van der Waals surface area contributed by atoms with E-state index in [0.29, 0.717) is 23.5 Å². The number of nitrogens with two attached hydrogens (primary N) is 1. The lowest BCUT2D eigenvalue weighted by Crippen LogP contribution is -2.39. The molecule has 0 radical (unpaired) electrons. The molecule has 0 saturated carbocycles. The molecule has 3 heterocycles. The zero-order valence-corrected chi connectivity index (χ0v) is 16.5. The smallest absolute Gasteiger partial charge is 0.167 e. The van der Waals surface area contributed by atoms with Gasteiger partial charge in [0.05, 0.1) is 19.0 Å². The highest BCUT2D eigenvalue weighted by molar-refractivity contribution is 5.88. The third-order valence-electron chi connectivity index (χ3n) is 5.61. The second-order valence-corrected chi connectivity index (χ2v) is 7.54. The number of nitrogens with zero attached hydrogens (tertiary/aromatic N) is 4. The van der Waals surface area contributed by atoms with E-state index in [-0.39, 0.29) is 12.4 Å². The molecule has 160 valence electrons. The molecule has 0 spiro atoms. The molecule has 2 aromatic heterocycles. The molecule has 0 aliphatic carbocycles. The number of aromatic hydroxyl groups is 1. The van der Waals surface area contributed by atoms with Crippen LogP contribution >= 0.6 is 0 Å². The van der Waals surface area contributed by atoms with Crippen molar-refractivity contribution in [2.45, 2.75) is 31.0 Å². The summed E-state index contributed by atoms with van der Waals surface area (Å²) in [6.07, 6.45) is 0.464. The molecule has 4 aromatic rings. The van der Waals surface area contributed by atoms with Crippen molar-refractivity contribution in [3.63, 3.8) is 0 Å². The van der Waals surface area contributed by atoms with Crippen LogP contribution < -0.4 is 11.1 Å². The lowest BCUT2D eigenvalue weighted by atomic mass is 10.0. The van der Waals surface area contributed by atoms with Gasteiger partial charge >= 0.3 is 0 Å². The van der Waals surface area contributed by atoms with Crippen LogP contribution in [-0.2, 0) is 11.3 Å². The maximum absolute atomic E-state index is 10.2. The molecule has 2 aromatic carbocycles. The number of fused-ring (bicyclic) bond motifs is 2. The van der Waals surface area contributed by atoms with Gasteiger partial charge in [-0.2, -0.15) is 0 Å². The third-order valence-corrected chi connectivity index (χ3v) is 5.61. The Kier molecular flexibility index (Phi) is 4.91. The number of hydrogen-bond acceptors (Lipinski definition) is 9. The van der Waals surface area contributed by atoms with Crippen LogP contribution in [-0.4, -0.2) is 59.7 Å². The number of rotatable bonds is 5. The van der Waals surface area contributed by atoms with Crippen LogP contribution in [0, 0.1) is 0 Å². The summed E-state index contributed by atoms with van der Waals surface area (Å²) in [4.78, 5) is 13.0. The largest absolute Gasteiger partial charge is 0.508 e.